The molecule has 0 aliphatic carbocycles. The second kappa shape index (κ2) is 5.63. The number of carbonyl (C=O) groups is 1. The normalized spacial score (nSPS) is 10.0. The van der Waals surface area contributed by atoms with Gasteiger partial charge >= 0.3 is 5.97 Å². The molecule has 0 heterocycles. The van der Waals surface area contributed by atoms with Gasteiger partial charge < -0.3 is 15.2 Å². The van der Waals surface area contributed by atoms with Crippen LogP contribution in [-0.4, -0.2) is 13.1 Å². The zero-order valence-corrected chi connectivity index (χ0v) is 11.0. The molecule has 0 amide bonds. The van der Waals surface area contributed by atoms with Gasteiger partial charge in [0, 0.05) is 5.02 Å². The van der Waals surface area contributed by atoms with E-state index in [9.17, 15) is 4.79 Å². The first-order chi connectivity index (χ1) is 9.10. The topological polar surface area (TPSA) is 61.5 Å². The number of nitrogens with two attached hydrogens (primary N) is 1. The van der Waals surface area contributed by atoms with Crippen LogP contribution in [0.25, 0.3) is 0 Å². The first-order valence-corrected chi connectivity index (χ1v) is 5.89. The average Bonchev–Trinajstić information content (AvgIpc) is 2.41. The Kier molecular flexibility index (Phi) is 3.92. The number of benzene rings is 2. The molecule has 0 atom stereocenters. The van der Waals surface area contributed by atoms with E-state index in [0.29, 0.717) is 27.8 Å². The number of esters is 1. The molecule has 0 bridgehead atoms. The molecule has 0 fully saturated rings. The highest BCUT2D eigenvalue weighted by atomic mass is 35.5. The van der Waals surface area contributed by atoms with E-state index >= 15 is 0 Å². The molecule has 0 unspecified atom stereocenters. The van der Waals surface area contributed by atoms with Gasteiger partial charge in [0.25, 0.3) is 0 Å². The van der Waals surface area contributed by atoms with Gasteiger partial charge in [-0.05, 0) is 42.5 Å². The van der Waals surface area contributed by atoms with Crippen molar-refractivity contribution >= 4 is 23.3 Å². The number of halogens is 1. The van der Waals surface area contributed by atoms with Crippen LogP contribution < -0.4 is 15.2 Å². The lowest BCUT2D eigenvalue weighted by molar-refractivity contribution is 0.0735. The van der Waals surface area contributed by atoms with Gasteiger partial charge in [-0.1, -0.05) is 11.6 Å². The highest BCUT2D eigenvalue weighted by molar-refractivity contribution is 6.30. The monoisotopic (exact) mass is 277 g/mol. The number of hydrogen-bond acceptors (Lipinski definition) is 4. The van der Waals surface area contributed by atoms with Crippen molar-refractivity contribution in [3.05, 3.63) is 53.1 Å². The molecule has 98 valence electrons. The Morgan fingerprint density at radius 3 is 2.42 bits per heavy atom. The molecule has 0 aromatic heterocycles. The van der Waals surface area contributed by atoms with Crippen LogP contribution in [-0.2, 0) is 0 Å². The predicted molar refractivity (Wildman–Crippen MR) is 73.8 cm³/mol. The summed E-state index contributed by atoms with van der Waals surface area (Å²) >= 11 is 5.75. The summed E-state index contributed by atoms with van der Waals surface area (Å²) in [7, 11) is 1.51. The third-order valence-electron chi connectivity index (χ3n) is 2.49. The van der Waals surface area contributed by atoms with E-state index in [2.05, 4.69) is 0 Å². The van der Waals surface area contributed by atoms with Gasteiger partial charge in [0.05, 0.1) is 18.4 Å². The third kappa shape index (κ3) is 3.17. The van der Waals surface area contributed by atoms with E-state index < -0.39 is 5.97 Å². The third-order valence-corrected chi connectivity index (χ3v) is 2.74. The summed E-state index contributed by atoms with van der Waals surface area (Å²) in [6, 6.07) is 11.2. The molecule has 0 aliphatic heterocycles. The Labute approximate surface area is 115 Å². The Morgan fingerprint density at radius 2 is 1.84 bits per heavy atom. The highest BCUT2D eigenvalue weighted by Crippen LogP contribution is 2.23. The minimum absolute atomic E-state index is 0.355. The molecule has 2 aromatic carbocycles. The quantitative estimate of drug-likeness (QED) is 0.532. The van der Waals surface area contributed by atoms with Crippen LogP contribution in [0.3, 0.4) is 0 Å². The maximum atomic E-state index is 11.9. The van der Waals surface area contributed by atoms with E-state index in [4.69, 9.17) is 26.8 Å². The van der Waals surface area contributed by atoms with Gasteiger partial charge in [0.1, 0.15) is 11.5 Å². The lowest BCUT2D eigenvalue weighted by Crippen LogP contribution is -2.09. The fraction of sp³-hybridized carbons (Fsp3) is 0.0714. The van der Waals surface area contributed by atoms with Crippen molar-refractivity contribution < 1.29 is 14.3 Å². The van der Waals surface area contributed by atoms with Gasteiger partial charge in [0.2, 0.25) is 0 Å². The molecule has 5 heteroatoms. The Hall–Kier alpha value is -2.20. The van der Waals surface area contributed by atoms with Crippen molar-refractivity contribution in [3.63, 3.8) is 0 Å². The fourth-order valence-electron chi connectivity index (χ4n) is 1.53. The van der Waals surface area contributed by atoms with Crippen molar-refractivity contribution in [3.8, 4) is 11.5 Å². The summed E-state index contributed by atoms with van der Waals surface area (Å²) in [5.41, 5.74) is 6.47. The molecule has 2 aromatic rings. The fourth-order valence-corrected chi connectivity index (χ4v) is 1.66. The van der Waals surface area contributed by atoms with E-state index in [1.807, 2.05) is 0 Å². The highest BCUT2D eigenvalue weighted by Gasteiger charge is 2.11. The van der Waals surface area contributed by atoms with Crippen molar-refractivity contribution in [2.75, 3.05) is 12.8 Å². The maximum absolute atomic E-state index is 11.9. The Bertz CT molecular complexity index is 596. The van der Waals surface area contributed by atoms with Gasteiger partial charge in [-0.15, -0.1) is 0 Å². The van der Waals surface area contributed by atoms with Crippen molar-refractivity contribution in [2.24, 2.45) is 0 Å². The molecule has 0 saturated carbocycles. The van der Waals surface area contributed by atoms with Crippen LogP contribution >= 0.6 is 11.6 Å². The molecule has 0 aliphatic rings. The lowest BCUT2D eigenvalue weighted by Gasteiger charge is -2.07. The van der Waals surface area contributed by atoms with E-state index in [1.165, 1.54) is 13.2 Å². The lowest BCUT2D eigenvalue weighted by atomic mass is 10.2. The summed E-state index contributed by atoms with van der Waals surface area (Å²) in [6.07, 6.45) is 0. The summed E-state index contributed by atoms with van der Waals surface area (Å²) < 4.78 is 10.2. The zero-order valence-electron chi connectivity index (χ0n) is 10.2. The summed E-state index contributed by atoms with van der Waals surface area (Å²) in [5, 5.41) is 0.577. The SMILES string of the molecule is COc1ccc(C(=O)Oc2ccc(Cl)cc2)cc1N. The zero-order chi connectivity index (χ0) is 13.8. The number of carbonyl (C=O) groups excluding carboxylic acids is 1. The largest absolute Gasteiger partial charge is 0.495 e. The van der Waals surface area contributed by atoms with Crippen molar-refractivity contribution in [1.82, 2.24) is 0 Å². The predicted octanol–water partition coefficient (Wildman–Crippen LogP) is 3.15. The van der Waals surface area contributed by atoms with E-state index in [1.54, 1.807) is 36.4 Å². The Balaban J connectivity index is 2.16. The molecule has 19 heavy (non-hydrogen) atoms. The average molecular weight is 278 g/mol. The Morgan fingerprint density at radius 1 is 1.16 bits per heavy atom. The van der Waals surface area contributed by atoms with Gasteiger partial charge in [-0.2, -0.15) is 0 Å². The first-order valence-electron chi connectivity index (χ1n) is 5.51. The minimum atomic E-state index is -0.489. The van der Waals surface area contributed by atoms with Crippen LogP contribution in [0, 0.1) is 0 Å². The van der Waals surface area contributed by atoms with E-state index in [-0.39, 0.29) is 0 Å². The molecule has 0 spiro atoms. The molecular formula is C14H12ClNO3. The smallest absolute Gasteiger partial charge is 0.343 e. The van der Waals surface area contributed by atoms with Gasteiger partial charge in [-0.25, -0.2) is 4.79 Å². The number of rotatable bonds is 3. The van der Waals surface area contributed by atoms with Crippen LogP contribution in [0.15, 0.2) is 42.5 Å². The van der Waals surface area contributed by atoms with Crippen LogP contribution in [0.1, 0.15) is 10.4 Å². The van der Waals surface area contributed by atoms with Crippen molar-refractivity contribution in [1.29, 1.82) is 0 Å². The number of hydrogen-bond donors (Lipinski definition) is 1. The molecule has 0 radical (unpaired) electrons. The molecule has 4 nitrogen and oxygen atoms in total. The number of nitrogen functional groups attached to an aromatic ring is 1. The van der Waals surface area contributed by atoms with Crippen LogP contribution in [0.4, 0.5) is 5.69 Å². The number of anilines is 1. The second-order valence-electron chi connectivity index (χ2n) is 3.80. The maximum Gasteiger partial charge on any atom is 0.343 e. The van der Waals surface area contributed by atoms with Gasteiger partial charge in [-0.3, -0.25) is 0 Å². The second-order valence-corrected chi connectivity index (χ2v) is 4.24. The minimum Gasteiger partial charge on any atom is -0.495 e. The number of methoxy groups -OCH3 is 1. The molecule has 2 rings (SSSR count). The molecular weight excluding hydrogens is 266 g/mol. The first kappa shape index (κ1) is 13.2. The van der Waals surface area contributed by atoms with Gasteiger partial charge in [0.15, 0.2) is 0 Å². The summed E-state index contributed by atoms with van der Waals surface area (Å²) in [4.78, 5) is 11.9. The standard InChI is InChI=1S/C14H12ClNO3/c1-18-13-7-2-9(8-12(13)16)14(17)19-11-5-3-10(15)4-6-11/h2-8H,16H2,1H3. The summed E-state index contributed by atoms with van der Waals surface area (Å²) in [5.74, 6) is 0.448. The van der Waals surface area contributed by atoms with Crippen LogP contribution in [0.2, 0.25) is 5.02 Å². The number of ether oxygens (including phenoxy) is 2. The molecule has 2 N–H and O–H groups in total. The molecule has 0 saturated heterocycles. The van der Waals surface area contributed by atoms with E-state index in [0.717, 1.165) is 0 Å². The summed E-state index contributed by atoms with van der Waals surface area (Å²) in [6.45, 7) is 0. The van der Waals surface area contributed by atoms with Crippen LogP contribution in [0.5, 0.6) is 11.5 Å². The van der Waals surface area contributed by atoms with Crippen molar-refractivity contribution in [2.45, 2.75) is 0 Å².